The standard InChI is InChI=1S/C25H21F3N2O2S/c1-15-9-10-21(11-16(15)2)30-22(31)14-33-24(30)18-6-4-8-20(13-18)29-23(32)17-5-3-7-19(12-17)25(26,27)28/h3-13,24H,14H2,1-2H3,(H,29,32). The summed E-state index contributed by atoms with van der Waals surface area (Å²) in [7, 11) is 0. The number of hydrogen-bond acceptors (Lipinski definition) is 3. The van der Waals surface area contributed by atoms with Crippen molar-refractivity contribution in [3.05, 3.63) is 94.5 Å². The summed E-state index contributed by atoms with van der Waals surface area (Å²) in [5, 5.41) is 2.39. The third kappa shape index (κ3) is 4.90. The first kappa shape index (κ1) is 22.9. The van der Waals surface area contributed by atoms with E-state index in [1.54, 1.807) is 23.1 Å². The Hall–Kier alpha value is -3.26. The molecular weight excluding hydrogens is 449 g/mol. The van der Waals surface area contributed by atoms with Gasteiger partial charge in [-0.2, -0.15) is 13.2 Å². The van der Waals surface area contributed by atoms with E-state index >= 15 is 0 Å². The molecule has 0 aliphatic carbocycles. The molecule has 4 rings (SSSR count). The number of carbonyl (C=O) groups is 2. The third-order valence-corrected chi connectivity index (χ3v) is 6.73. The van der Waals surface area contributed by atoms with E-state index in [1.165, 1.54) is 23.9 Å². The van der Waals surface area contributed by atoms with Crippen LogP contribution in [-0.2, 0) is 11.0 Å². The highest BCUT2D eigenvalue weighted by Gasteiger charge is 2.34. The molecule has 1 unspecified atom stereocenters. The van der Waals surface area contributed by atoms with E-state index in [0.717, 1.165) is 34.5 Å². The van der Waals surface area contributed by atoms with Crippen LogP contribution in [0, 0.1) is 13.8 Å². The lowest BCUT2D eigenvalue weighted by Crippen LogP contribution is -2.28. The first-order valence-electron chi connectivity index (χ1n) is 10.2. The normalized spacial score (nSPS) is 16.2. The van der Waals surface area contributed by atoms with Crippen LogP contribution in [0.2, 0.25) is 0 Å². The smallest absolute Gasteiger partial charge is 0.322 e. The monoisotopic (exact) mass is 470 g/mol. The molecule has 4 nitrogen and oxygen atoms in total. The molecule has 3 aromatic carbocycles. The zero-order valence-corrected chi connectivity index (χ0v) is 18.8. The summed E-state index contributed by atoms with van der Waals surface area (Å²) in [6.07, 6.45) is -4.53. The number of halogens is 3. The molecule has 0 radical (unpaired) electrons. The number of carbonyl (C=O) groups excluding carboxylic acids is 2. The summed E-state index contributed by atoms with van der Waals surface area (Å²) in [4.78, 5) is 27.0. The molecule has 170 valence electrons. The highest BCUT2D eigenvalue weighted by atomic mass is 32.2. The van der Waals surface area contributed by atoms with Crippen LogP contribution >= 0.6 is 11.8 Å². The fourth-order valence-electron chi connectivity index (χ4n) is 3.64. The average molecular weight is 471 g/mol. The Balaban J connectivity index is 1.58. The molecule has 1 saturated heterocycles. The molecule has 1 fully saturated rings. The quantitative estimate of drug-likeness (QED) is 0.483. The molecule has 3 aromatic rings. The number of amides is 2. The van der Waals surface area contributed by atoms with Gasteiger partial charge >= 0.3 is 6.18 Å². The average Bonchev–Trinajstić information content (AvgIpc) is 3.17. The van der Waals surface area contributed by atoms with Gasteiger partial charge in [-0.25, -0.2) is 0 Å². The van der Waals surface area contributed by atoms with Crippen molar-refractivity contribution in [2.45, 2.75) is 25.4 Å². The molecular formula is C25H21F3N2O2S. The fraction of sp³-hybridized carbons (Fsp3) is 0.200. The van der Waals surface area contributed by atoms with Crippen molar-refractivity contribution >= 4 is 35.0 Å². The lowest BCUT2D eigenvalue weighted by atomic mass is 10.1. The minimum atomic E-state index is -4.53. The molecule has 8 heteroatoms. The van der Waals surface area contributed by atoms with Crippen LogP contribution < -0.4 is 10.2 Å². The molecule has 0 spiro atoms. The molecule has 33 heavy (non-hydrogen) atoms. The maximum absolute atomic E-state index is 13.0. The van der Waals surface area contributed by atoms with Gasteiger partial charge in [0.1, 0.15) is 5.37 Å². The topological polar surface area (TPSA) is 49.4 Å². The minimum absolute atomic E-state index is 0.00772. The number of alkyl halides is 3. The SMILES string of the molecule is Cc1ccc(N2C(=O)CSC2c2cccc(NC(=O)c3cccc(C(F)(F)F)c3)c2)cc1C. The van der Waals surface area contributed by atoms with Crippen molar-refractivity contribution in [3.8, 4) is 0 Å². The third-order valence-electron chi connectivity index (χ3n) is 5.52. The van der Waals surface area contributed by atoms with Crippen molar-refractivity contribution in [2.24, 2.45) is 0 Å². The number of benzene rings is 3. The van der Waals surface area contributed by atoms with E-state index in [-0.39, 0.29) is 16.8 Å². The maximum Gasteiger partial charge on any atom is 0.416 e. The van der Waals surface area contributed by atoms with Gasteiger partial charge in [0.2, 0.25) is 5.91 Å². The summed E-state index contributed by atoms with van der Waals surface area (Å²) in [6, 6.07) is 17.2. The summed E-state index contributed by atoms with van der Waals surface area (Å²) >= 11 is 1.48. The number of nitrogens with zero attached hydrogens (tertiary/aromatic N) is 1. The van der Waals surface area contributed by atoms with Crippen molar-refractivity contribution in [1.82, 2.24) is 0 Å². The van der Waals surface area contributed by atoms with Gasteiger partial charge in [0.15, 0.2) is 0 Å². The van der Waals surface area contributed by atoms with Gasteiger partial charge < -0.3 is 5.32 Å². The molecule has 2 amide bonds. The van der Waals surface area contributed by atoms with E-state index < -0.39 is 17.6 Å². The molecule has 1 heterocycles. The summed E-state index contributed by atoms with van der Waals surface area (Å²) in [5.41, 5.74) is 3.30. The Morgan fingerprint density at radius 3 is 2.48 bits per heavy atom. The molecule has 1 aliphatic rings. The van der Waals surface area contributed by atoms with Crippen LogP contribution in [0.15, 0.2) is 66.7 Å². The zero-order valence-electron chi connectivity index (χ0n) is 17.9. The van der Waals surface area contributed by atoms with Gasteiger partial charge in [-0.15, -0.1) is 11.8 Å². The number of hydrogen-bond donors (Lipinski definition) is 1. The Morgan fingerprint density at radius 1 is 1.00 bits per heavy atom. The molecule has 1 N–H and O–H groups in total. The second-order valence-corrected chi connectivity index (χ2v) is 8.92. The number of rotatable bonds is 4. The molecule has 0 bridgehead atoms. The number of aryl methyl sites for hydroxylation is 2. The van der Waals surface area contributed by atoms with Crippen LogP contribution in [0.1, 0.15) is 38.0 Å². The molecule has 1 aliphatic heterocycles. The largest absolute Gasteiger partial charge is 0.416 e. The molecule has 1 atom stereocenters. The van der Waals surface area contributed by atoms with Crippen LogP contribution in [0.5, 0.6) is 0 Å². The lowest BCUT2D eigenvalue weighted by Gasteiger charge is -2.25. The Kier molecular flexibility index (Phi) is 6.21. The van der Waals surface area contributed by atoms with E-state index in [0.29, 0.717) is 11.4 Å². The van der Waals surface area contributed by atoms with E-state index in [9.17, 15) is 22.8 Å². The van der Waals surface area contributed by atoms with Crippen LogP contribution in [-0.4, -0.2) is 17.6 Å². The van der Waals surface area contributed by atoms with Crippen LogP contribution in [0.25, 0.3) is 0 Å². The fourth-order valence-corrected chi connectivity index (χ4v) is 4.80. The van der Waals surface area contributed by atoms with E-state index in [4.69, 9.17) is 0 Å². The van der Waals surface area contributed by atoms with Gasteiger partial charge in [0.05, 0.1) is 11.3 Å². The van der Waals surface area contributed by atoms with Crippen molar-refractivity contribution < 1.29 is 22.8 Å². The highest BCUT2D eigenvalue weighted by Crippen LogP contribution is 2.42. The second-order valence-electron chi connectivity index (χ2n) is 7.85. The lowest BCUT2D eigenvalue weighted by molar-refractivity contribution is -0.137. The number of anilines is 2. The highest BCUT2D eigenvalue weighted by molar-refractivity contribution is 8.00. The van der Waals surface area contributed by atoms with Gasteiger partial charge in [0.25, 0.3) is 5.91 Å². The van der Waals surface area contributed by atoms with Gasteiger partial charge in [0, 0.05) is 16.9 Å². The van der Waals surface area contributed by atoms with Crippen molar-refractivity contribution in [2.75, 3.05) is 16.0 Å². The summed E-state index contributed by atoms with van der Waals surface area (Å²) in [6.45, 7) is 4.00. The predicted octanol–water partition coefficient (Wildman–Crippen LogP) is 6.35. The molecule has 0 aromatic heterocycles. The van der Waals surface area contributed by atoms with E-state index in [1.807, 2.05) is 38.1 Å². The first-order chi connectivity index (χ1) is 15.6. The summed E-state index contributed by atoms with van der Waals surface area (Å²) < 4.78 is 38.9. The van der Waals surface area contributed by atoms with Gasteiger partial charge in [-0.05, 0) is 73.0 Å². The zero-order chi connectivity index (χ0) is 23.8. The van der Waals surface area contributed by atoms with Crippen LogP contribution in [0.3, 0.4) is 0 Å². The van der Waals surface area contributed by atoms with Crippen molar-refractivity contribution in [3.63, 3.8) is 0 Å². The van der Waals surface area contributed by atoms with Crippen LogP contribution in [0.4, 0.5) is 24.5 Å². The first-order valence-corrected chi connectivity index (χ1v) is 11.3. The van der Waals surface area contributed by atoms with Gasteiger partial charge in [-0.3, -0.25) is 14.5 Å². The Morgan fingerprint density at radius 2 is 1.76 bits per heavy atom. The van der Waals surface area contributed by atoms with Gasteiger partial charge in [-0.1, -0.05) is 24.3 Å². The predicted molar refractivity (Wildman–Crippen MR) is 124 cm³/mol. The Labute approximate surface area is 193 Å². The maximum atomic E-state index is 13.0. The van der Waals surface area contributed by atoms with E-state index in [2.05, 4.69) is 5.32 Å². The Bertz CT molecular complexity index is 1230. The second kappa shape index (κ2) is 8.94. The number of thioether (sulfide) groups is 1. The minimum Gasteiger partial charge on any atom is -0.322 e. The summed E-state index contributed by atoms with van der Waals surface area (Å²) in [5.74, 6) is -0.315. The molecule has 0 saturated carbocycles. The van der Waals surface area contributed by atoms with Crippen molar-refractivity contribution in [1.29, 1.82) is 0 Å². The number of nitrogens with one attached hydrogen (secondary N) is 1.